The number of rotatable bonds is 4. The van der Waals surface area contributed by atoms with Gasteiger partial charge in [-0.1, -0.05) is 18.2 Å². The van der Waals surface area contributed by atoms with E-state index >= 15 is 0 Å². The number of para-hydroxylation sites is 1. The van der Waals surface area contributed by atoms with Gasteiger partial charge < -0.3 is 15.0 Å². The smallest absolute Gasteiger partial charge is 0.224 e. The number of ether oxygens (including phenoxy) is 1. The molecule has 1 unspecified atom stereocenters. The van der Waals surface area contributed by atoms with Crippen LogP contribution < -0.4 is 10.1 Å². The number of nitrogens with zero attached hydrogens (tertiary/aromatic N) is 1. The number of piperidine rings is 1. The van der Waals surface area contributed by atoms with Crippen molar-refractivity contribution in [3.8, 4) is 5.75 Å². The zero-order valence-electron chi connectivity index (χ0n) is 12.9. The van der Waals surface area contributed by atoms with E-state index in [4.69, 9.17) is 4.74 Å². The minimum atomic E-state index is 0.231. The summed E-state index contributed by atoms with van der Waals surface area (Å²) in [5, 5.41) is 3.44. The Hall–Kier alpha value is -1.20. The Balaban J connectivity index is 1.42. The number of benzene rings is 1. The van der Waals surface area contributed by atoms with Crippen molar-refractivity contribution in [1.29, 1.82) is 0 Å². The number of amides is 1. The van der Waals surface area contributed by atoms with Gasteiger partial charge in [-0.2, -0.15) is 11.8 Å². The SMILES string of the molecule is O=C(CC1CSCCN1)N1CCC(Oc2ccccc2)CC1. The lowest BCUT2D eigenvalue weighted by Gasteiger charge is -2.33. The molecule has 0 aromatic heterocycles. The molecule has 2 heterocycles. The Kier molecular flexibility index (Phi) is 5.62. The van der Waals surface area contributed by atoms with Crippen molar-refractivity contribution in [3.63, 3.8) is 0 Å². The zero-order chi connectivity index (χ0) is 15.2. The Labute approximate surface area is 136 Å². The van der Waals surface area contributed by atoms with Crippen LogP contribution in [0, 0.1) is 0 Å². The quantitative estimate of drug-likeness (QED) is 0.923. The van der Waals surface area contributed by atoms with Gasteiger partial charge in [0.25, 0.3) is 0 Å². The third kappa shape index (κ3) is 4.40. The monoisotopic (exact) mass is 320 g/mol. The van der Waals surface area contributed by atoms with E-state index in [2.05, 4.69) is 5.32 Å². The number of thioether (sulfide) groups is 1. The van der Waals surface area contributed by atoms with Gasteiger partial charge in [0.2, 0.25) is 5.91 Å². The standard InChI is InChI=1S/C17H24N2O2S/c20-17(12-14-13-22-11-8-18-14)19-9-6-16(7-10-19)21-15-4-2-1-3-5-15/h1-5,14,16,18H,6-13H2. The molecular weight excluding hydrogens is 296 g/mol. The lowest BCUT2D eigenvalue weighted by molar-refractivity contribution is -0.133. The first kappa shape index (κ1) is 15.7. The predicted octanol–water partition coefficient (Wildman–Crippen LogP) is 2.15. The number of likely N-dealkylation sites (tertiary alicyclic amines) is 1. The second kappa shape index (κ2) is 7.88. The van der Waals surface area contributed by atoms with Crippen molar-refractivity contribution in [2.45, 2.75) is 31.4 Å². The highest BCUT2D eigenvalue weighted by molar-refractivity contribution is 7.99. The van der Waals surface area contributed by atoms with Crippen molar-refractivity contribution >= 4 is 17.7 Å². The van der Waals surface area contributed by atoms with E-state index in [1.54, 1.807) is 0 Å². The number of carbonyl (C=O) groups excluding carboxylic acids is 1. The van der Waals surface area contributed by atoms with Crippen molar-refractivity contribution in [2.75, 3.05) is 31.1 Å². The Morgan fingerprint density at radius 1 is 1.27 bits per heavy atom. The summed E-state index contributed by atoms with van der Waals surface area (Å²) in [4.78, 5) is 14.4. The van der Waals surface area contributed by atoms with Crippen molar-refractivity contribution in [3.05, 3.63) is 30.3 Å². The predicted molar refractivity (Wildman–Crippen MR) is 90.4 cm³/mol. The highest BCUT2D eigenvalue weighted by atomic mass is 32.2. The van der Waals surface area contributed by atoms with E-state index in [0.717, 1.165) is 49.7 Å². The molecular formula is C17H24N2O2S. The summed E-state index contributed by atoms with van der Waals surface area (Å²) in [5.74, 6) is 3.43. The molecule has 0 spiro atoms. The summed E-state index contributed by atoms with van der Waals surface area (Å²) in [6, 6.07) is 10.3. The van der Waals surface area contributed by atoms with Crippen LogP contribution in [0.1, 0.15) is 19.3 Å². The second-order valence-electron chi connectivity index (χ2n) is 5.94. The fourth-order valence-electron chi connectivity index (χ4n) is 3.01. The molecule has 4 nitrogen and oxygen atoms in total. The summed E-state index contributed by atoms with van der Waals surface area (Å²) >= 11 is 1.94. The number of nitrogens with one attached hydrogen (secondary N) is 1. The maximum absolute atomic E-state index is 12.4. The molecule has 2 fully saturated rings. The summed E-state index contributed by atoms with van der Waals surface area (Å²) < 4.78 is 5.98. The molecule has 3 rings (SSSR count). The van der Waals surface area contributed by atoms with Crippen molar-refractivity contribution in [2.24, 2.45) is 0 Å². The lowest BCUT2D eigenvalue weighted by Crippen LogP contribution is -2.46. The van der Waals surface area contributed by atoms with Gasteiger partial charge in [0.1, 0.15) is 11.9 Å². The maximum atomic E-state index is 12.4. The third-order valence-electron chi connectivity index (χ3n) is 4.26. The largest absolute Gasteiger partial charge is 0.490 e. The van der Waals surface area contributed by atoms with E-state index in [-0.39, 0.29) is 12.0 Å². The molecule has 2 saturated heterocycles. The van der Waals surface area contributed by atoms with Gasteiger partial charge in [-0.05, 0) is 12.1 Å². The molecule has 0 aliphatic carbocycles. The van der Waals surface area contributed by atoms with Crippen LogP contribution >= 0.6 is 11.8 Å². The Morgan fingerprint density at radius 3 is 2.73 bits per heavy atom. The van der Waals surface area contributed by atoms with Gasteiger partial charge in [0, 0.05) is 56.4 Å². The van der Waals surface area contributed by atoms with Gasteiger partial charge in [0.15, 0.2) is 0 Å². The molecule has 1 atom stereocenters. The van der Waals surface area contributed by atoms with Crippen LogP contribution in [0.25, 0.3) is 0 Å². The van der Waals surface area contributed by atoms with E-state index in [9.17, 15) is 4.79 Å². The average molecular weight is 320 g/mol. The first-order valence-electron chi connectivity index (χ1n) is 8.12. The molecule has 1 N–H and O–H groups in total. The third-order valence-corrected chi connectivity index (χ3v) is 5.39. The number of hydrogen-bond donors (Lipinski definition) is 1. The average Bonchev–Trinajstić information content (AvgIpc) is 2.57. The fraction of sp³-hybridized carbons (Fsp3) is 0.588. The van der Waals surface area contributed by atoms with Gasteiger partial charge in [-0.3, -0.25) is 4.79 Å². The summed E-state index contributed by atoms with van der Waals surface area (Å²) in [6.45, 7) is 2.65. The lowest BCUT2D eigenvalue weighted by atomic mass is 10.1. The highest BCUT2D eigenvalue weighted by Gasteiger charge is 2.26. The molecule has 2 aliphatic rings. The normalized spacial score (nSPS) is 23.3. The van der Waals surface area contributed by atoms with Gasteiger partial charge >= 0.3 is 0 Å². The van der Waals surface area contributed by atoms with Crippen LogP contribution in [0.15, 0.2) is 30.3 Å². The van der Waals surface area contributed by atoms with Crippen LogP contribution in [0.5, 0.6) is 5.75 Å². The Morgan fingerprint density at radius 2 is 2.05 bits per heavy atom. The maximum Gasteiger partial charge on any atom is 0.224 e. The molecule has 1 amide bonds. The molecule has 22 heavy (non-hydrogen) atoms. The van der Waals surface area contributed by atoms with Crippen LogP contribution in [0.4, 0.5) is 0 Å². The summed E-state index contributed by atoms with van der Waals surface area (Å²) in [5.41, 5.74) is 0. The van der Waals surface area contributed by atoms with Crippen molar-refractivity contribution in [1.82, 2.24) is 10.2 Å². The first-order valence-corrected chi connectivity index (χ1v) is 9.27. The van der Waals surface area contributed by atoms with E-state index in [1.165, 1.54) is 0 Å². The minimum Gasteiger partial charge on any atom is -0.490 e. The van der Waals surface area contributed by atoms with E-state index in [0.29, 0.717) is 12.5 Å². The van der Waals surface area contributed by atoms with E-state index in [1.807, 2.05) is 47.0 Å². The molecule has 1 aromatic carbocycles. The first-order chi connectivity index (χ1) is 10.8. The molecule has 0 bridgehead atoms. The summed E-state index contributed by atoms with van der Waals surface area (Å²) in [7, 11) is 0. The van der Waals surface area contributed by atoms with E-state index < -0.39 is 0 Å². The van der Waals surface area contributed by atoms with Gasteiger partial charge in [-0.25, -0.2) is 0 Å². The van der Waals surface area contributed by atoms with Gasteiger partial charge in [0.05, 0.1) is 0 Å². The molecule has 0 radical (unpaired) electrons. The zero-order valence-corrected chi connectivity index (χ0v) is 13.7. The molecule has 2 aliphatic heterocycles. The fourth-order valence-corrected chi connectivity index (χ4v) is 3.95. The topological polar surface area (TPSA) is 41.6 Å². The highest BCUT2D eigenvalue weighted by Crippen LogP contribution is 2.20. The second-order valence-corrected chi connectivity index (χ2v) is 7.09. The molecule has 1 aromatic rings. The van der Waals surface area contributed by atoms with Crippen LogP contribution in [-0.2, 0) is 4.79 Å². The molecule has 120 valence electrons. The van der Waals surface area contributed by atoms with Crippen LogP contribution in [0.2, 0.25) is 0 Å². The molecule has 0 saturated carbocycles. The number of carbonyl (C=O) groups is 1. The minimum absolute atomic E-state index is 0.231. The van der Waals surface area contributed by atoms with Gasteiger partial charge in [-0.15, -0.1) is 0 Å². The summed E-state index contributed by atoms with van der Waals surface area (Å²) in [6.07, 6.45) is 2.72. The van der Waals surface area contributed by atoms with Crippen molar-refractivity contribution < 1.29 is 9.53 Å². The Bertz CT molecular complexity index is 469. The van der Waals surface area contributed by atoms with Crippen LogP contribution in [-0.4, -0.2) is 54.1 Å². The molecule has 5 heteroatoms. The van der Waals surface area contributed by atoms with Crippen LogP contribution in [0.3, 0.4) is 0 Å². The number of hydrogen-bond acceptors (Lipinski definition) is 4.